The van der Waals surface area contributed by atoms with Gasteiger partial charge in [0.1, 0.15) is 30.5 Å². The van der Waals surface area contributed by atoms with Crippen molar-refractivity contribution in [3.8, 4) is 0 Å². The monoisotopic (exact) mass is 310 g/mol. The minimum Gasteiger partial charge on any atom is -0.394 e. The molecule has 0 aromatic rings. The van der Waals surface area contributed by atoms with E-state index < -0.39 is 61.9 Å². The summed E-state index contributed by atoms with van der Waals surface area (Å²) in [6.07, 6.45) is -10.8. The number of aliphatic hydroxyl groups is 6. The molecular formula is C12H22O9. The summed E-state index contributed by atoms with van der Waals surface area (Å²) in [6.45, 7) is 1.02. The van der Waals surface area contributed by atoms with Gasteiger partial charge in [-0.25, -0.2) is 0 Å². The molecule has 0 aromatic carbocycles. The zero-order valence-electron chi connectivity index (χ0n) is 11.5. The molecule has 9 nitrogen and oxygen atoms in total. The van der Waals surface area contributed by atoms with Crippen molar-refractivity contribution < 1.29 is 44.8 Å². The van der Waals surface area contributed by atoms with Crippen LogP contribution < -0.4 is 0 Å². The molecule has 0 spiro atoms. The van der Waals surface area contributed by atoms with Gasteiger partial charge in [-0.1, -0.05) is 0 Å². The second-order valence-corrected chi connectivity index (χ2v) is 5.41. The Labute approximate surface area is 121 Å². The molecule has 2 fully saturated rings. The molecule has 0 saturated carbocycles. The largest absolute Gasteiger partial charge is 0.394 e. The number of ether oxygens (including phenoxy) is 3. The fourth-order valence-electron chi connectivity index (χ4n) is 2.45. The molecule has 6 N–H and O–H groups in total. The van der Waals surface area contributed by atoms with Crippen LogP contribution >= 0.6 is 0 Å². The number of hydrogen-bond acceptors (Lipinski definition) is 9. The van der Waals surface area contributed by atoms with Crippen LogP contribution in [-0.2, 0) is 14.2 Å². The molecule has 0 bridgehead atoms. The first-order valence-electron chi connectivity index (χ1n) is 6.82. The van der Waals surface area contributed by atoms with Gasteiger partial charge in [-0.15, -0.1) is 0 Å². The summed E-state index contributed by atoms with van der Waals surface area (Å²) in [7, 11) is 0. The predicted octanol–water partition coefficient (Wildman–Crippen LogP) is -3.34. The zero-order valence-corrected chi connectivity index (χ0v) is 11.5. The molecule has 0 amide bonds. The van der Waals surface area contributed by atoms with Crippen LogP contribution in [0.25, 0.3) is 0 Å². The van der Waals surface area contributed by atoms with Crippen molar-refractivity contribution in [3.63, 3.8) is 0 Å². The second kappa shape index (κ2) is 6.82. The van der Waals surface area contributed by atoms with E-state index in [4.69, 9.17) is 19.3 Å². The van der Waals surface area contributed by atoms with Gasteiger partial charge < -0.3 is 44.8 Å². The highest BCUT2D eigenvalue weighted by Crippen LogP contribution is 2.27. The SMILES string of the molecule is C[C@H]1O[C@H](O[C@@H]2[C@H](O)[C@@H](O)O[C@H](CO)[C@H]2O)[C@@H](O)C[C@@H]1O. The first-order valence-corrected chi connectivity index (χ1v) is 6.82. The summed E-state index contributed by atoms with van der Waals surface area (Å²) in [6, 6.07) is 0. The van der Waals surface area contributed by atoms with E-state index in [-0.39, 0.29) is 6.42 Å². The molecule has 0 aliphatic carbocycles. The molecule has 9 heteroatoms. The highest BCUT2D eigenvalue weighted by Gasteiger charge is 2.47. The summed E-state index contributed by atoms with van der Waals surface area (Å²) in [5.41, 5.74) is 0. The van der Waals surface area contributed by atoms with Crippen molar-refractivity contribution in [2.24, 2.45) is 0 Å². The minimum atomic E-state index is -1.64. The highest BCUT2D eigenvalue weighted by molar-refractivity contribution is 4.91. The number of hydrogen-bond donors (Lipinski definition) is 6. The lowest BCUT2D eigenvalue weighted by Crippen LogP contribution is -2.61. The van der Waals surface area contributed by atoms with E-state index in [1.807, 2.05) is 0 Å². The Hall–Kier alpha value is -0.360. The Balaban J connectivity index is 2.05. The van der Waals surface area contributed by atoms with Gasteiger partial charge in [0.25, 0.3) is 0 Å². The summed E-state index contributed by atoms with van der Waals surface area (Å²) in [5, 5.41) is 57.8. The fourth-order valence-corrected chi connectivity index (χ4v) is 2.45. The molecule has 2 aliphatic heterocycles. The Morgan fingerprint density at radius 2 is 1.67 bits per heavy atom. The minimum absolute atomic E-state index is 0.0211. The number of rotatable bonds is 3. The molecule has 0 aromatic heterocycles. The fraction of sp³-hybridized carbons (Fsp3) is 1.00. The van der Waals surface area contributed by atoms with Crippen LogP contribution in [0.1, 0.15) is 13.3 Å². The maximum Gasteiger partial charge on any atom is 0.184 e. The van der Waals surface area contributed by atoms with Gasteiger partial charge >= 0.3 is 0 Å². The second-order valence-electron chi connectivity index (χ2n) is 5.41. The van der Waals surface area contributed by atoms with Crippen LogP contribution in [0.5, 0.6) is 0 Å². The van der Waals surface area contributed by atoms with Gasteiger partial charge in [-0.2, -0.15) is 0 Å². The van der Waals surface area contributed by atoms with Crippen LogP contribution in [0.4, 0.5) is 0 Å². The van der Waals surface area contributed by atoms with Crippen LogP contribution in [0.15, 0.2) is 0 Å². The Kier molecular flexibility index (Phi) is 5.52. The first kappa shape index (κ1) is 17.0. The Bertz CT molecular complexity index is 341. The molecule has 2 heterocycles. The molecule has 0 radical (unpaired) electrons. The van der Waals surface area contributed by atoms with Gasteiger partial charge in [0, 0.05) is 6.42 Å². The molecule has 9 atom stereocenters. The van der Waals surface area contributed by atoms with Gasteiger partial charge in [0.15, 0.2) is 12.6 Å². The lowest BCUT2D eigenvalue weighted by molar-refractivity contribution is -0.341. The van der Waals surface area contributed by atoms with E-state index in [0.29, 0.717) is 0 Å². The average Bonchev–Trinajstić information content (AvgIpc) is 2.44. The molecule has 2 saturated heterocycles. The molecule has 2 aliphatic rings. The smallest absolute Gasteiger partial charge is 0.184 e. The topological polar surface area (TPSA) is 149 Å². The van der Waals surface area contributed by atoms with Crippen molar-refractivity contribution in [3.05, 3.63) is 0 Å². The van der Waals surface area contributed by atoms with Crippen LogP contribution in [0.2, 0.25) is 0 Å². The van der Waals surface area contributed by atoms with Gasteiger partial charge in [-0.3, -0.25) is 0 Å². The van der Waals surface area contributed by atoms with E-state index in [9.17, 15) is 25.5 Å². The Morgan fingerprint density at radius 3 is 2.29 bits per heavy atom. The van der Waals surface area contributed by atoms with Crippen molar-refractivity contribution in [1.82, 2.24) is 0 Å². The van der Waals surface area contributed by atoms with E-state index >= 15 is 0 Å². The van der Waals surface area contributed by atoms with E-state index in [0.717, 1.165) is 0 Å². The summed E-state index contributed by atoms with van der Waals surface area (Å²) >= 11 is 0. The third kappa shape index (κ3) is 3.52. The third-order valence-corrected chi connectivity index (χ3v) is 3.82. The maximum atomic E-state index is 9.98. The van der Waals surface area contributed by atoms with Crippen molar-refractivity contribution in [1.29, 1.82) is 0 Å². The van der Waals surface area contributed by atoms with Gasteiger partial charge in [-0.05, 0) is 6.92 Å². The molecule has 21 heavy (non-hydrogen) atoms. The van der Waals surface area contributed by atoms with Gasteiger partial charge in [0.2, 0.25) is 0 Å². The lowest BCUT2D eigenvalue weighted by atomic mass is 9.98. The molecule has 2 rings (SSSR count). The standard InChI is InChI=1S/C12H22O9/c1-4-5(14)2-6(15)12(19-4)21-10-8(16)7(3-13)20-11(18)9(10)17/h4-18H,2-3H2,1H3/t4-,5+,6+,7-,8-,9+,10+,11+,12-/m1/s1. The van der Waals surface area contributed by atoms with Crippen LogP contribution in [0, 0.1) is 0 Å². The highest BCUT2D eigenvalue weighted by atomic mass is 16.7. The van der Waals surface area contributed by atoms with Crippen molar-refractivity contribution in [2.45, 2.75) is 68.7 Å². The molecular weight excluding hydrogens is 288 g/mol. The van der Waals surface area contributed by atoms with Crippen LogP contribution in [0.3, 0.4) is 0 Å². The third-order valence-electron chi connectivity index (χ3n) is 3.82. The summed E-state index contributed by atoms with van der Waals surface area (Å²) < 4.78 is 15.5. The quantitative estimate of drug-likeness (QED) is 0.314. The molecule has 124 valence electrons. The predicted molar refractivity (Wildman–Crippen MR) is 65.8 cm³/mol. The van der Waals surface area contributed by atoms with E-state index in [1.165, 1.54) is 0 Å². The maximum absolute atomic E-state index is 9.98. The van der Waals surface area contributed by atoms with Gasteiger partial charge in [0.05, 0.1) is 18.8 Å². The summed E-state index contributed by atoms with van der Waals surface area (Å²) in [5.74, 6) is 0. The zero-order chi connectivity index (χ0) is 15.7. The van der Waals surface area contributed by atoms with Crippen molar-refractivity contribution >= 4 is 0 Å². The average molecular weight is 310 g/mol. The van der Waals surface area contributed by atoms with Crippen LogP contribution in [-0.4, -0.2) is 92.6 Å². The first-order chi connectivity index (χ1) is 9.85. The Morgan fingerprint density at radius 1 is 1.00 bits per heavy atom. The summed E-state index contributed by atoms with van der Waals surface area (Å²) in [4.78, 5) is 0. The van der Waals surface area contributed by atoms with E-state index in [2.05, 4.69) is 0 Å². The number of aliphatic hydroxyl groups excluding tert-OH is 6. The van der Waals surface area contributed by atoms with Crippen molar-refractivity contribution in [2.75, 3.05) is 6.61 Å². The molecule has 0 unspecified atom stereocenters. The normalized spacial score (nSPS) is 51.9. The van der Waals surface area contributed by atoms with E-state index in [1.54, 1.807) is 6.92 Å². The lowest BCUT2D eigenvalue weighted by Gasteiger charge is -2.43.